The van der Waals surface area contributed by atoms with Gasteiger partial charge in [-0.1, -0.05) is 144 Å². The molecule has 0 atom stereocenters. The van der Waals surface area contributed by atoms with Gasteiger partial charge in [-0.3, -0.25) is 0 Å². The van der Waals surface area contributed by atoms with Gasteiger partial charge in [0.15, 0.2) is 0 Å². The first-order valence-electron chi connectivity index (χ1n) is 22.0. The van der Waals surface area contributed by atoms with Gasteiger partial charge in [0.05, 0.1) is 11.0 Å². The summed E-state index contributed by atoms with van der Waals surface area (Å²) in [4.78, 5) is 0. The summed E-state index contributed by atoms with van der Waals surface area (Å²) in [6.45, 7) is 23.5. The highest BCUT2D eigenvalue weighted by Gasteiger charge is 2.24. The number of ether oxygens (including phenoxy) is 2. The standard InChI is InChI=1S/C49H52O2/c1-46(2,3)34-17-28-13-15-30-19-36(48(7,8)9)25-38-40(23-32(21-34)42(28)44(30)38)50-27-51-41-24-33-22-35(47(4,5)6)18-29-14-16-31-20-37(49(10,11)12)26-39(41)45(31)43(29)33/h13-26H,27H2,1-12H3/i17D,18D,19D,20D,21D,22D,25D,26D. The van der Waals surface area contributed by atoms with Gasteiger partial charge in [-0.25, -0.2) is 0 Å². The van der Waals surface area contributed by atoms with E-state index >= 15 is 0 Å². The predicted octanol–water partition coefficient (Wildman–Crippen LogP) is 14.1. The fourth-order valence-electron chi connectivity index (χ4n) is 7.01. The molecule has 260 valence electrons. The summed E-state index contributed by atoms with van der Waals surface area (Å²) in [6, 6.07) is 12.7. The van der Waals surface area contributed by atoms with Crippen LogP contribution in [0.3, 0.4) is 0 Å². The zero-order valence-electron chi connectivity index (χ0n) is 40.0. The summed E-state index contributed by atoms with van der Waals surface area (Å²) in [5, 5.41) is 7.13. The first-order valence-corrected chi connectivity index (χ1v) is 18.0. The molecule has 0 aliphatic heterocycles. The maximum Gasteiger partial charge on any atom is 0.230 e. The van der Waals surface area contributed by atoms with Crippen LogP contribution in [0.5, 0.6) is 11.5 Å². The molecule has 0 unspecified atom stereocenters. The molecule has 0 aliphatic carbocycles. The molecular weight excluding hydrogens is 621 g/mol. The Labute approximate surface area is 314 Å². The summed E-state index contributed by atoms with van der Waals surface area (Å²) in [7, 11) is 0. The van der Waals surface area contributed by atoms with Crippen LogP contribution in [0.25, 0.3) is 64.6 Å². The SMILES string of the molecule is [2H]c1c(C(C)(C)C)c([2H])c2cc(OCOc3cc4c([2H])c(C(C)(C)C)c([2H])c5ccc6c([2H])c(C(C)(C)C)c([2H])c3c6c54)c3c([2H])c(C(C)(C)C)c([2H])c4ccc1c2c43. The molecule has 0 bridgehead atoms. The van der Waals surface area contributed by atoms with E-state index in [0.717, 1.165) is 0 Å². The molecule has 0 aliphatic rings. The smallest absolute Gasteiger partial charge is 0.230 e. The third kappa shape index (κ3) is 5.63. The topological polar surface area (TPSA) is 18.5 Å². The second-order valence-corrected chi connectivity index (χ2v) is 18.3. The van der Waals surface area contributed by atoms with Crippen LogP contribution in [-0.4, -0.2) is 6.79 Å². The van der Waals surface area contributed by atoms with E-state index < -0.39 is 21.7 Å². The average Bonchev–Trinajstić information content (AvgIpc) is 3.09. The summed E-state index contributed by atoms with van der Waals surface area (Å²) in [5.74, 6) is 0.609. The quantitative estimate of drug-likeness (QED) is 0.136. The van der Waals surface area contributed by atoms with Crippen molar-refractivity contribution in [3.05, 3.63) is 107 Å². The molecule has 8 rings (SSSR count). The molecule has 51 heavy (non-hydrogen) atoms. The van der Waals surface area contributed by atoms with Crippen molar-refractivity contribution in [2.45, 2.75) is 105 Å². The van der Waals surface area contributed by atoms with Gasteiger partial charge in [-0.05, 0) is 111 Å². The Balaban J connectivity index is 1.41. The Bertz CT molecular complexity index is 2870. The fraction of sp³-hybridized carbons (Fsp3) is 0.347. The van der Waals surface area contributed by atoms with Gasteiger partial charge in [-0.15, -0.1) is 0 Å². The third-order valence-corrected chi connectivity index (χ3v) is 9.98. The van der Waals surface area contributed by atoms with Crippen molar-refractivity contribution < 1.29 is 20.4 Å². The van der Waals surface area contributed by atoms with Gasteiger partial charge in [0.1, 0.15) is 11.5 Å². The van der Waals surface area contributed by atoms with Crippen LogP contribution < -0.4 is 9.47 Å². The van der Waals surface area contributed by atoms with Crippen molar-refractivity contribution in [1.82, 2.24) is 0 Å². The highest BCUT2D eigenvalue weighted by atomic mass is 16.7. The molecule has 8 aromatic carbocycles. The predicted molar refractivity (Wildman–Crippen MR) is 221 cm³/mol. The highest BCUT2D eigenvalue weighted by Crippen LogP contribution is 2.46. The second-order valence-electron chi connectivity index (χ2n) is 18.3. The average molecular weight is 681 g/mol. The molecule has 0 amide bonds. The molecule has 0 saturated heterocycles. The van der Waals surface area contributed by atoms with Crippen LogP contribution in [0.4, 0.5) is 0 Å². The lowest BCUT2D eigenvalue weighted by atomic mass is 9.81. The fourth-order valence-corrected chi connectivity index (χ4v) is 7.01. The first kappa shape index (κ1) is 25.4. The zero-order chi connectivity index (χ0) is 43.4. The first-order chi connectivity index (χ1) is 27.2. The molecule has 0 aromatic heterocycles. The second kappa shape index (κ2) is 11.0. The van der Waals surface area contributed by atoms with Crippen molar-refractivity contribution in [2.24, 2.45) is 0 Å². The Morgan fingerprint density at radius 2 is 0.667 bits per heavy atom. The van der Waals surface area contributed by atoms with Crippen molar-refractivity contribution >= 4 is 64.6 Å². The lowest BCUT2D eigenvalue weighted by molar-refractivity contribution is 0.123. The Morgan fingerprint density at radius 1 is 0.392 bits per heavy atom. The molecule has 0 heterocycles. The minimum atomic E-state index is -0.558. The minimum absolute atomic E-state index is 0.144. The van der Waals surface area contributed by atoms with E-state index in [1.54, 1.807) is 12.1 Å². The van der Waals surface area contributed by atoms with Crippen LogP contribution in [0.15, 0.2) is 84.7 Å². The Kier molecular flexibility index (Phi) is 5.46. The van der Waals surface area contributed by atoms with Gasteiger partial charge < -0.3 is 9.47 Å². The molecule has 0 radical (unpaired) electrons. The van der Waals surface area contributed by atoms with Gasteiger partial charge >= 0.3 is 0 Å². The molecule has 0 spiro atoms. The van der Waals surface area contributed by atoms with Crippen LogP contribution in [-0.2, 0) is 21.7 Å². The summed E-state index contributed by atoms with van der Waals surface area (Å²) in [5.41, 5.74) is 0.151. The number of hydrogen-bond donors (Lipinski definition) is 0. The van der Waals surface area contributed by atoms with Gasteiger partial charge in [0, 0.05) is 21.5 Å². The van der Waals surface area contributed by atoms with E-state index in [0.29, 0.717) is 98.4 Å². The van der Waals surface area contributed by atoms with E-state index in [-0.39, 0.29) is 55.1 Å². The van der Waals surface area contributed by atoms with Crippen LogP contribution in [0.1, 0.15) is 116 Å². The molecule has 0 fully saturated rings. The monoisotopic (exact) mass is 680 g/mol. The molecule has 8 aromatic rings. The van der Waals surface area contributed by atoms with Crippen molar-refractivity contribution in [3.8, 4) is 11.5 Å². The van der Waals surface area contributed by atoms with E-state index in [9.17, 15) is 11.0 Å². The summed E-state index contributed by atoms with van der Waals surface area (Å²) in [6.07, 6.45) is 0. The van der Waals surface area contributed by atoms with Crippen molar-refractivity contribution in [3.63, 3.8) is 0 Å². The number of hydrogen-bond acceptors (Lipinski definition) is 2. The van der Waals surface area contributed by atoms with Crippen LogP contribution >= 0.6 is 0 Å². The largest absolute Gasteiger partial charge is 0.457 e. The molecule has 2 heteroatoms. The van der Waals surface area contributed by atoms with E-state index in [4.69, 9.17) is 9.47 Å². The van der Waals surface area contributed by atoms with Gasteiger partial charge in [0.25, 0.3) is 0 Å². The summed E-state index contributed by atoms with van der Waals surface area (Å²) >= 11 is 0. The summed E-state index contributed by atoms with van der Waals surface area (Å²) < 4.78 is 88.8. The number of rotatable bonds is 4. The van der Waals surface area contributed by atoms with Gasteiger partial charge in [0.2, 0.25) is 6.79 Å². The van der Waals surface area contributed by atoms with E-state index in [2.05, 4.69) is 0 Å². The van der Waals surface area contributed by atoms with Crippen molar-refractivity contribution in [1.29, 1.82) is 0 Å². The number of benzene rings is 8. The molecule has 0 saturated carbocycles. The molecular formula is C49H52O2. The molecule has 2 nitrogen and oxygen atoms in total. The lowest BCUT2D eigenvalue weighted by Crippen LogP contribution is -2.13. The maximum atomic E-state index is 9.64. The third-order valence-electron chi connectivity index (χ3n) is 9.98. The maximum absolute atomic E-state index is 9.64. The van der Waals surface area contributed by atoms with E-state index in [1.807, 2.05) is 107 Å². The van der Waals surface area contributed by atoms with Crippen LogP contribution in [0, 0.1) is 0 Å². The molecule has 0 N–H and O–H groups in total. The normalized spacial score (nSPS) is 15.8. The zero-order valence-corrected chi connectivity index (χ0v) is 32.0. The van der Waals surface area contributed by atoms with E-state index in [1.165, 1.54) is 0 Å². The highest BCUT2D eigenvalue weighted by molar-refractivity contribution is 6.26. The van der Waals surface area contributed by atoms with Gasteiger partial charge in [-0.2, -0.15) is 0 Å². The van der Waals surface area contributed by atoms with Crippen molar-refractivity contribution in [2.75, 3.05) is 6.79 Å². The Morgan fingerprint density at radius 3 is 0.980 bits per heavy atom. The lowest BCUT2D eigenvalue weighted by Gasteiger charge is -2.25. The Hall–Kier alpha value is -4.56. The minimum Gasteiger partial charge on any atom is -0.457 e. The van der Waals surface area contributed by atoms with Crippen LogP contribution in [0.2, 0.25) is 0 Å².